The van der Waals surface area contributed by atoms with E-state index in [4.69, 9.17) is 9.47 Å². The van der Waals surface area contributed by atoms with Crippen molar-refractivity contribution in [3.8, 4) is 11.5 Å². The van der Waals surface area contributed by atoms with E-state index in [1.54, 1.807) is 18.2 Å². The number of hydrogen-bond donors (Lipinski definition) is 1. The van der Waals surface area contributed by atoms with Gasteiger partial charge in [-0.1, -0.05) is 19.3 Å². The third-order valence-electron chi connectivity index (χ3n) is 5.18. The lowest BCUT2D eigenvalue weighted by Crippen LogP contribution is -2.38. The second kappa shape index (κ2) is 6.34. The SMILES string of the molecule is O=C(Nc1ccc2c(c1)OCO2)[C@H]1CC(=O)N(C2CCCCC2)C1. The van der Waals surface area contributed by atoms with Crippen LogP contribution >= 0.6 is 0 Å². The van der Waals surface area contributed by atoms with E-state index in [1.807, 2.05) is 4.90 Å². The summed E-state index contributed by atoms with van der Waals surface area (Å²) >= 11 is 0. The predicted molar refractivity (Wildman–Crippen MR) is 87.9 cm³/mol. The van der Waals surface area contributed by atoms with Crippen molar-refractivity contribution in [3.05, 3.63) is 18.2 Å². The molecule has 3 aliphatic rings. The van der Waals surface area contributed by atoms with Crippen molar-refractivity contribution in [2.24, 2.45) is 5.92 Å². The molecule has 2 heterocycles. The number of likely N-dealkylation sites (tertiary alicyclic amines) is 1. The van der Waals surface area contributed by atoms with Crippen molar-refractivity contribution in [3.63, 3.8) is 0 Å². The summed E-state index contributed by atoms with van der Waals surface area (Å²) in [7, 11) is 0. The number of fused-ring (bicyclic) bond motifs is 1. The van der Waals surface area contributed by atoms with Gasteiger partial charge in [-0.3, -0.25) is 9.59 Å². The fourth-order valence-corrected chi connectivity index (χ4v) is 3.87. The molecule has 0 aromatic heterocycles. The highest BCUT2D eigenvalue weighted by Crippen LogP contribution is 2.35. The van der Waals surface area contributed by atoms with Gasteiger partial charge < -0.3 is 19.7 Å². The fourth-order valence-electron chi connectivity index (χ4n) is 3.87. The van der Waals surface area contributed by atoms with E-state index in [1.165, 1.54) is 19.3 Å². The minimum atomic E-state index is -0.273. The lowest BCUT2D eigenvalue weighted by Gasteiger charge is -2.31. The van der Waals surface area contributed by atoms with Gasteiger partial charge in [0.15, 0.2) is 11.5 Å². The maximum absolute atomic E-state index is 12.5. The standard InChI is InChI=1S/C18H22N2O4/c21-17-8-12(10-20(17)14-4-2-1-3-5-14)18(22)19-13-6-7-15-16(9-13)24-11-23-15/h6-7,9,12,14H,1-5,8,10-11H2,(H,19,22)/t12-/m0/s1. The highest BCUT2D eigenvalue weighted by Gasteiger charge is 2.38. The molecule has 6 nitrogen and oxygen atoms in total. The smallest absolute Gasteiger partial charge is 0.231 e. The van der Waals surface area contributed by atoms with Crippen LogP contribution in [0.15, 0.2) is 18.2 Å². The first-order chi connectivity index (χ1) is 11.7. The number of benzene rings is 1. The van der Waals surface area contributed by atoms with E-state index in [2.05, 4.69) is 5.32 Å². The molecule has 0 unspecified atom stereocenters. The van der Waals surface area contributed by atoms with Gasteiger partial charge in [0.1, 0.15) is 0 Å². The second-order valence-electron chi connectivity index (χ2n) is 6.80. The van der Waals surface area contributed by atoms with E-state index in [9.17, 15) is 9.59 Å². The van der Waals surface area contributed by atoms with Gasteiger partial charge in [0, 0.05) is 30.8 Å². The van der Waals surface area contributed by atoms with Gasteiger partial charge in [-0.2, -0.15) is 0 Å². The predicted octanol–water partition coefficient (Wildman–Crippen LogP) is 2.54. The number of carbonyl (C=O) groups excluding carboxylic acids is 2. The van der Waals surface area contributed by atoms with Gasteiger partial charge in [0.25, 0.3) is 0 Å². The fraction of sp³-hybridized carbons (Fsp3) is 0.556. The number of anilines is 1. The van der Waals surface area contributed by atoms with Crippen molar-refractivity contribution in [2.45, 2.75) is 44.6 Å². The number of nitrogens with one attached hydrogen (secondary N) is 1. The van der Waals surface area contributed by atoms with Crippen molar-refractivity contribution in [2.75, 3.05) is 18.7 Å². The number of carbonyl (C=O) groups is 2. The van der Waals surface area contributed by atoms with Gasteiger partial charge in [-0.05, 0) is 25.0 Å². The maximum atomic E-state index is 12.5. The molecular weight excluding hydrogens is 308 g/mol. The maximum Gasteiger partial charge on any atom is 0.231 e. The normalized spacial score (nSPS) is 23.6. The Morgan fingerprint density at radius 2 is 1.92 bits per heavy atom. The minimum Gasteiger partial charge on any atom is -0.454 e. The number of amides is 2. The van der Waals surface area contributed by atoms with Crippen LogP contribution in [-0.4, -0.2) is 36.1 Å². The highest BCUT2D eigenvalue weighted by molar-refractivity contribution is 5.97. The summed E-state index contributed by atoms with van der Waals surface area (Å²) in [5, 5.41) is 2.90. The number of rotatable bonds is 3. The van der Waals surface area contributed by atoms with Crippen LogP contribution in [0.1, 0.15) is 38.5 Å². The first-order valence-corrected chi connectivity index (χ1v) is 8.71. The number of ether oxygens (including phenoxy) is 2. The van der Waals surface area contributed by atoms with Crippen molar-refractivity contribution >= 4 is 17.5 Å². The van der Waals surface area contributed by atoms with Crippen LogP contribution in [0.4, 0.5) is 5.69 Å². The molecule has 1 aromatic rings. The average molecular weight is 330 g/mol. The minimum absolute atomic E-state index is 0.0967. The molecule has 2 aliphatic heterocycles. The van der Waals surface area contributed by atoms with Crippen LogP contribution in [-0.2, 0) is 9.59 Å². The first-order valence-electron chi connectivity index (χ1n) is 8.71. The van der Waals surface area contributed by atoms with Gasteiger partial charge in [-0.15, -0.1) is 0 Å². The molecule has 24 heavy (non-hydrogen) atoms. The van der Waals surface area contributed by atoms with E-state index in [-0.39, 0.29) is 24.5 Å². The monoisotopic (exact) mass is 330 g/mol. The highest BCUT2D eigenvalue weighted by atomic mass is 16.7. The van der Waals surface area contributed by atoms with Gasteiger partial charge in [0.2, 0.25) is 18.6 Å². The molecule has 1 aromatic carbocycles. The molecule has 2 amide bonds. The molecule has 0 spiro atoms. The average Bonchev–Trinajstić information content (AvgIpc) is 3.21. The zero-order valence-electron chi connectivity index (χ0n) is 13.6. The summed E-state index contributed by atoms with van der Waals surface area (Å²) in [4.78, 5) is 26.8. The molecule has 1 saturated carbocycles. The molecular formula is C18H22N2O4. The van der Waals surface area contributed by atoms with Crippen LogP contribution in [0, 0.1) is 5.92 Å². The lowest BCUT2D eigenvalue weighted by atomic mass is 9.94. The second-order valence-corrected chi connectivity index (χ2v) is 6.80. The molecule has 1 aliphatic carbocycles. The van der Waals surface area contributed by atoms with E-state index in [0.717, 1.165) is 12.8 Å². The summed E-state index contributed by atoms with van der Waals surface area (Å²) < 4.78 is 10.6. The Labute approximate surface area is 141 Å². The molecule has 0 radical (unpaired) electrons. The van der Waals surface area contributed by atoms with Gasteiger partial charge in [-0.25, -0.2) is 0 Å². The van der Waals surface area contributed by atoms with Crippen molar-refractivity contribution in [1.82, 2.24) is 4.90 Å². The van der Waals surface area contributed by atoms with Crippen LogP contribution in [0.5, 0.6) is 11.5 Å². The molecule has 128 valence electrons. The Morgan fingerprint density at radius 3 is 2.75 bits per heavy atom. The Hall–Kier alpha value is -2.24. The molecule has 1 atom stereocenters. The molecule has 1 saturated heterocycles. The molecule has 1 N–H and O–H groups in total. The largest absolute Gasteiger partial charge is 0.454 e. The third kappa shape index (κ3) is 2.92. The number of nitrogens with zero attached hydrogens (tertiary/aromatic N) is 1. The first kappa shape index (κ1) is 15.3. The van der Waals surface area contributed by atoms with Crippen LogP contribution in [0.3, 0.4) is 0 Å². The van der Waals surface area contributed by atoms with Crippen LogP contribution < -0.4 is 14.8 Å². The van der Waals surface area contributed by atoms with E-state index < -0.39 is 0 Å². The Morgan fingerprint density at radius 1 is 1.12 bits per heavy atom. The van der Waals surface area contributed by atoms with Crippen molar-refractivity contribution in [1.29, 1.82) is 0 Å². The zero-order chi connectivity index (χ0) is 16.5. The van der Waals surface area contributed by atoms with Crippen LogP contribution in [0.2, 0.25) is 0 Å². The molecule has 6 heteroatoms. The Bertz CT molecular complexity index is 654. The topological polar surface area (TPSA) is 67.9 Å². The zero-order valence-corrected chi connectivity index (χ0v) is 13.6. The quantitative estimate of drug-likeness (QED) is 0.925. The molecule has 4 rings (SSSR count). The Kier molecular flexibility index (Phi) is 4.04. The number of hydrogen-bond acceptors (Lipinski definition) is 4. The molecule has 0 bridgehead atoms. The summed E-state index contributed by atoms with van der Waals surface area (Å²) in [6.07, 6.45) is 6.08. The van der Waals surface area contributed by atoms with Gasteiger partial charge >= 0.3 is 0 Å². The summed E-state index contributed by atoms with van der Waals surface area (Å²) in [6.45, 7) is 0.750. The van der Waals surface area contributed by atoms with Gasteiger partial charge in [0.05, 0.1) is 5.92 Å². The van der Waals surface area contributed by atoms with E-state index in [0.29, 0.717) is 36.2 Å². The van der Waals surface area contributed by atoms with E-state index >= 15 is 0 Å². The summed E-state index contributed by atoms with van der Waals surface area (Å²) in [5.41, 5.74) is 0.674. The molecule has 2 fully saturated rings. The third-order valence-corrected chi connectivity index (χ3v) is 5.18. The summed E-state index contributed by atoms with van der Waals surface area (Å²) in [5.74, 6) is 1.07. The Balaban J connectivity index is 1.39. The van der Waals surface area contributed by atoms with Crippen molar-refractivity contribution < 1.29 is 19.1 Å². The lowest BCUT2D eigenvalue weighted by molar-refractivity contribution is -0.130. The summed E-state index contributed by atoms with van der Waals surface area (Å²) in [6, 6.07) is 5.66. The van der Waals surface area contributed by atoms with Crippen LogP contribution in [0.25, 0.3) is 0 Å².